The molecule has 96 valence electrons. The minimum absolute atomic E-state index is 0.547. The van der Waals surface area contributed by atoms with Gasteiger partial charge in [0.2, 0.25) is 0 Å². The van der Waals surface area contributed by atoms with E-state index < -0.39 is 0 Å². The van der Waals surface area contributed by atoms with Crippen molar-refractivity contribution in [2.75, 3.05) is 13.1 Å². The molecule has 0 saturated carbocycles. The molecular weight excluding hydrogens is 208 g/mol. The molecule has 0 bridgehead atoms. The van der Waals surface area contributed by atoms with Crippen LogP contribution >= 0.6 is 0 Å². The Bertz CT molecular complexity index is 299. The Hall–Kier alpha value is -0.860. The van der Waals surface area contributed by atoms with Crippen LogP contribution in [0.2, 0.25) is 0 Å². The zero-order valence-corrected chi connectivity index (χ0v) is 11.7. The fourth-order valence-electron chi connectivity index (χ4n) is 1.79. The fraction of sp³-hybridized carbons (Fsp3) is 0.600. The van der Waals surface area contributed by atoms with Crippen molar-refractivity contribution < 1.29 is 0 Å². The molecule has 0 atom stereocenters. The first-order valence-electron chi connectivity index (χ1n) is 6.69. The Morgan fingerprint density at radius 3 is 2.00 bits per heavy atom. The Morgan fingerprint density at radius 2 is 1.53 bits per heavy atom. The van der Waals surface area contributed by atoms with E-state index >= 15 is 0 Å². The molecule has 0 aliphatic rings. The highest BCUT2D eigenvalue weighted by molar-refractivity contribution is 5.22. The first-order valence-corrected chi connectivity index (χ1v) is 6.69. The van der Waals surface area contributed by atoms with Crippen LogP contribution in [0.1, 0.15) is 38.8 Å². The van der Waals surface area contributed by atoms with Crippen molar-refractivity contribution in [3.63, 3.8) is 0 Å². The normalized spacial score (nSPS) is 11.4. The zero-order valence-electron chi connectivity index (χ0n) is 11.7. The second kappa shape index (κ2) is 7.46. The number of nitrogens with zero attached hydrogens (tertiary/aromatic N) is 1. The number of rotatable bonds is 7. The maximum absolute atomic E-state index is 3.43. The van der Waals surface area contributed by atoms with Gasteiger partial charge in [0.05, 0.1) is 0 Å². The molecule has 1 aromatic carbocycles. The van der Waals surface area contributed by atoms with Gasteiger partial charge in [-0.2, -0.15) is 0 Å². The molecule has 0 aliphatic carbocycles. The summed E-state index contributed by atoms with van der Waals surface area (Å²) in [6.45, 7) is 13.0. The molecular formula is C15H26N2. The maximum atomic E-state index is 3.43. The summed E-state index contributed by atoms with van der Waals surface area (Å²) in [6.07, 6.45) is 0. The van der Waals surface area contributed by atoms with Gasteiger partial charge in [0, 0.05) is 19.1 Å². The summed E-state index contributed by atoms with van der Waals surface area (Å²) in [5, 5.41) is 3.43. The van der Waals surface area contributed by atoms with Crippen LogP contribution in [0.4, 0.5) is 0 Å². The summed E-state index contributed by atoms with van der Waals surface area (Å²) in [7, 11) is 0. The molecule has 1 aromatic rings. The minimum atomic E-state index is 0.547. The first-order chi connectivity index (χ1) is 8.15. The van der Waals surface area contributed by atoms with Gasteiger partial charge in [-0.3, -0.25) is 4.90 Å². The third-order valence-corrected chi connectivity index (χ3v) is 3.04. The Morgan fingerprint density at radius 1 is 1.00 bits per heavy atom. The van der Waals surface area contributed by atoms with E-state index in [-0.39, 0.29) is 0 Å². The van der Waals surface area contributed by atoms with Crippen molar-refractivity contribution in [2.45, 2.75) is 46.8 Å². The molecule has 2 nitrogen and oxygen atoms in total. The third kappa shape index (κ3) is 5.33. The smallest absolute Gasteiger partial charge is 0.0233 e. The highest BCUT2D eigenvalue weighted by atomic mass is 15.1. The quantitative estimate of drug-likeness (QED) is 0.780. The van der Waals surface area contributed by atoms with Gasteiger partial charge in [-0.1, -0.05) is 52.0 Å². The zero-order chi connectivity index (χ0) is 12.7. The molecule has 0 fully saturated rings. The summed E-state index contributed by atoms with van der Waals surface area (Å²) < 4.78 is 0. The van der Waals surface area contributed by atoms with E-state index in [9.17, 15) is 0 Å². The van der Waals surface area contributed by atoms with Crippen LogP contribution < -0.4 is 5.32 Å². The van der Waals surface area contributed by atoms with Gasteiger partial charge in [0.1, 0.15) is 0 Å². The Labute approximate surface area is 106 Å². The SMILES string of the molecule is CCN(CC)Cc1ccc(CNC(C)C)cc1. The van der Waals surface area contributed by atoms with Gasteiger partial charge in [0.15, 0.2) is 0 Å². The summed E-state index contributed by atoms with van der Waals surface area (Å²) in [6, 6.07) is 9.50. The van der Waals surface area contributed by atoms with E-state index in [0.717, 1.165) is 26.2 Å². The Balaban J connectivity index is 2.49. The van der Waals surface area contributed by atoms with Crippen LogP contribution in [0.15, 0.2) is 24.3 Å². The van der Waals surface area contributed by atoms with Crippen molar-refractivity contribution in [2.24, 2.45) is 0 Å². The van der Waals surface area contributed by atoms with Crippen LogP contribution in [0, 0.1) is 0 Å². The molecule has 0 aliphatic heterocycles. The lowest BCUT2D eigenvalue weighted by atomic mass is 10.1. The molecule has 0 unspecified atom stereocenters. The first kappa shape index (κ1) is 14.2. The maximum Gasteiger partial charge on any atom is 0.0233 e. The molecule has 0 amide bonds. The highest BCUT2D eigenvalue weighted by Gasteiger charge is 2.01. The summed E-state index contributed by atoms with van der Waals surface area (Å²) in [5.74, 6) is 0. The average molecular weight is 234 g/mol. The second-order valence-corrected chi connectivity index (χ2v) is 4.81. The number of hydrogen-bond donors (Lipinski definition) is 1. The largest absolute Gasteiger partial charge is 0.310 e. The van der Waals surface area contributed by atoms with E-state index in [0.29, 0.717) is 6.04 Å². The van der Waals surface area contributed by atoms with Crippen molar-refractivity contribution in [1.29, 1.82) is 0 Å². The van der Waals surface area contributed by atoms with Gasteiger partial charge in [-0.15, -0.1) is 0 Å². The van der Waals surface area contributed by atoms with Crippen molar-refractivity contribution in [3.05, 3.63) is 35.4 Å². The van der Waals surface area contributed by atoms with Crippen LogP contribution in [0.5, 0.6) is 0 Å². The van der Waals surface area contributed by atoms with Crippen LogP contribution in [0.25, 0.3) is 0 Å². The van der Waals surface area contributed by atoms with E-state index in [1.165, 1.54) is 11.1 Å². The van der Waals surface area contributed by atoms with Crippen LogP contribution in [-0.2, 0) is 13.1 Å². The van der Waals surface area contributed by atoms with E-state index in [1.54, 1.807) is 0 Å². The number of hydrogen-bond acceptors (Lipinski definition) is 2. The van der Waals surface area contributed by atoms with Crippen molar-refractivity contribution >= 4 is 0 Å². The van der Waals surface area contributed by atoms with Gasteiger partial charge in [-0.05, 0) is 24.2 Å². The lowest BCUT2D eigenvalue weighted by Gasteiger charge is -2.18. The molecule has 0 radical (unpaired) electrons. The van der Waals surface area contributed by atoms with Crippen LogP contribution in [-0.4, -0.2) is 24.0 Å². The molecule has 2 heteroatoms. The highest BCUT2D eigenvalue weighted by Crippen LogP contribution is 2.07. The van der Waals surface area contributed by atoms with Gasteiger partial charge < -0.3 is 5.32 Å². The lowest BCUT2D eigenvalue weighted by molar-refractivity contribution is 0.296. The van der Waals surface area contributed by atoms with E-state index in [1.807, 2.05) is 0 Å². The summed E-state index contributed by atoms with van der Waals surface area (Å²) >= 11 is 0. The lowest BCUT2D eigenvalue weighted by Crippen LogP contribution is -2.22. The molecule has 0 aromatic heterocycles. The summed E-state index contributed by atoms with van der Waals surface area (Å²) in [5.41, 5.74) is 2.77. The summed E-state index contributed by atoms with van der Waals surface area (Å²) in [4.78, 5) is 2.43. The topological polar surface area (TPSA) is 15.3 Å². The number of nitrogens with one attached hydrogen (secondary N) is 1. The van der Waals surface area contributed by atoms with Crippen molar-refractivity contribution in [3.8, 4) is 0 Å². The van der Waals surface area contributed by atoms with E-state index in [2.05, 4.69) is 62.2 Å². The molecule has 1 N–H and O–H groups in total. The monoisotopic (exact) mass is 234 g/mol. The van der Waals surface area contributed by atoms with Gasteiger partial charge in [-0.25, -0.2) is 0 Å². The van der Waals surface area contributed by atoms with Crippen LogP contribution in [0.3, 0.4) is 0 Å². The minimum Gasteiger partial charge on any atom is -0.310 e. The predicted octanol–water partition coefficient (Wildman–Crippen LogP) is 3.03. The van der Waals surface area contributed by atoms with Gasteiger partial charge in [0.25, 0.3) is 0 Å². The number of benzene rings is 1. The fourth-order valence-corrected chi connectivity index (χ4v) is 1.79. The Kier molecular flexibility index (Phi) is 6.23. The molecule has 1 rings (SSSR count). The molecule has 17 heavy (non-hydrogen) atoms. The van der Waals surface area contributed by atoms with E-state index in [4.69, 9.17) is 0 Å². The molecule has 0 saturated heterocycles. The van der Waals surface area contributed by atoms with Gasteiger partial charge >= 0.3 is 0 Å². The third-order valence-electron chi connectivity index (χ3n) is 3.04. The standard InChI is InChI=1S/C15H26N2/c1-5-17(6-2)12-15-9-7-14(8-10-15)11-16-13(3)4/h7-10,13,16H,5-6,11-12H2,1-4H3. The molecule has 0 heterocycles. The second-order valence-electron chi connectivity index (χ2n) is 4.81. The predicted molar refractivity (Wildman–Crippen MR) is 75.0 cm³/mol. The van der Waals surface area contributed by atoms with Crippen molar-refractivity contribution in [1.82, 2.24) is 10.2 Å². The molecule has 0 spiro atoms. The average Bonchev–Trinajstić information content (AvgIpc) is 2.34.